The van der Waals surface area contributed by atoms with E-state index in [0.717, 1.165) is 17.4 Å². The van der Waals surface area contributed by atoms with Gasteiger partial charge in [-0.1, -0.05) is 12.1 Å². The van der Waals surface area contributed by atoms with Crippen molar-refractivity contribution in [3.05, 3.63) is 59.7 Å². The third-order valence-corrected chi connectivity index (χ3v) is 3.60. The number of rotatable bonds is 6. The van der Waals surface area contributed by atoms with Crippen LogP contribution in [-0.4, -0.2) is 12.4 Å². The van der Waals surface area contributed by atoms with Crippen LogP contribution >= 0.6 is 11.8 Å². The lowest BCUT2D eigenvalue weighted by Gasteiger charge is -2.07. The first kappa shape index (κ1) is 14.8. The molecule has 0 aromatic heterocycles. The van der Waals surface area contributed by atoms with Crippen molar-refractivity contribution in [2.45, 2.75) is 11.4 Å². The Kier molecular flexibility index (Phi) is 5.38. The molecule has 0 saturated carbocycles. The first-order chi connectivity index (χ1) is 9.69. The monoisotopic (exact) mass is 295 g/mol. The quantitative estimate of drug-likeness (QED) is 0.653. The van der Waals surface area contributed by atoms with Gasteiger partial charge in [0, 0.05) is 17.2 Å². The summed E-state index contributed by atoms with van der Waals surface area (Å²) in [6.45, 7) is 0.957. The van der Waals surface area contributed by atoms with Crippen molar-refractivity contribution in [3.8, 4) is 5.75 Å². The maximum absolute atomic E-state index is 13.0. The summed E-state index contributed by atoms with van der Waals surface area (Å²) < 4.78 is 31.3. The summed E-state index contributed by atoms with van der Waals surface area (Å²) >= 11 is 1.42. The molecule has 0 fully saturated rings. The standard InChI is InChI=1S/C15H15F2NOS/c16-14-5-4-13(9-15(14)17)20-7-6-19-12-3-1-2-11(8-12)10-18/h1-5,8-9H,6-7,10,18H2. The summed E-state index contributed by atoms with van der Waals surface area (Å²) in [5.41, 5.74) is 6.56. The highest BCUT2D eigenvalue weighted by molar-refractivity contribution is 7.99. The Morgan fingerprint density at radius 1 is 1.05 bits per heavy atom. The molecule has 2 N–H and O–H groups in total. The fraction of sp³-hybridized carbons (Fsp3) is 0.200. The van der Waals surface area contributed by atoms with Crippen molar-refractivity contribution in [1.29, 1.82) is 0 Å². The van der Waals surface area contributed by atoms with E-state index in [2.05, 4.69) is 0 Å². The van der Waals surface area contributed by atoms with Gasteiger partial charge in [0.15, 0.2) is 11.6 Å². The van der Waals surface area contributed by atoms with Crippen LogP contribution in [0, 0.1) is 11.6 Å². The molecule has 0 amide bonds. The van der Waals surface area contributed by atoms with Crippen LogP contribution in [0.4, 0.5) is 8.78 Å². The van der Waals surface area contributed by atoms with Gasteiger partial charge in [0.05, 0.1) is 6.61 Å². The van der Waals surface area contributed by atoms with Crippen molar-refractivity contribution >= 4 is 11.8 Å². The number of ether oxygens (including phenoxy) is 1. The normalized spacial score (nSPS) is 10.6. The van der Waals surface area contributed by atoms with E-state index in [1.54, 1.807) is 6.07 Å². The summed E-state index contributed by atoms with van der Waals surface area (Å²) in [6, 6.07) is 11.4. The molecule has 0 aliphatic rings. The van der Waals surface area contributed by atoms with Crippen molar-refractivity contribution in [3.63, 3.8) is 0 Å². The fourth-order valence-electron chi connectivity index (χ4n) is 1.65. The van der Waals surface area contributed by atoms with Gasteiger partial charge in [0.2, 0.25) is 0 Å². The molecule has 5 heteroatoms. The second-order valence-corrected chi connectivity index (χ2v) is 5.29. The molecule has 0 radical (unpaired) electrons. The third kappa shape index (κ3) is 4.21. The van der Waals surface area contributed by atoms with Crippen LogP contribution in [0.5, 0.6) is 5.75 Å². The van der Waals surface area contributed by atoms with E-state index in [1.807, 2.05) is 24.3 Å². The Labute approximate surface area is 120 Å². The molecule has 2 rings (SSSR count). The van der Waals surface area contributed by atoms with Crippen LogP contribution < -0.4 is 10.5 Å². The Bertz CT molecular complexity index is 578. The second-order valence-electron chi connectivity index (χ2n) is 4.12. The number of hydrogen-bond acceptors (Lipinski definition) is 3. The SMILES string of the molecule is NCc1cccc(OCCSc2ccc(F)c(F)c2)c1. The van der Waals surface area contributed by atoms with Gasteiger partial charge < -0.3 is 10.5 Å². The zero-order chi connectivity index (χ0) is 14.4. The number of halogens is 2. The molecule has 20 heavy (non-hydrogen) atoms. The van der Waals surface area contributed by atoms with Crippen molar-refractivity contribution in [1.82, 2.24) is 0 Å². The Morgan fingerprint density at radius 2 is 1.90 bits per heavy atom. The maximum atomic E-state index is 13.0. The van der Waals surface area contributed by atoms with E-state index < -0.39 is 11.6 Å². The van der Waals surface area contributed by atoms with Crippen LogP contribution in [0.25, 0.3) is 0 Å². The lowest BCUT2D eigenvalue weighted by molar-refractivity contribution is 0.343. The highest BCUT2D eigenvalue weighted by Crippen LogP contribution is 2.20. The number of benzene rings is 2. The molecule has 2 aromatic carbocycles. The van der Waals surface area contributed by atoms with E-state index >= 15 is 0 Å². The molecule has 106 valence electrons. The van der Waals surface area contributed by atoms with Crippen molar-refractivity contribution < 1.29 is 13.5 Å². The zero-order valence-electron chi connectivity index (χ0n) is 10.8. The van der Waals surface area contributed by atoms with Gasteiger partial charge in [-0.05, 0) is 35.9 Å². The molecule has 0 unspecified atom stereocenters. The van der Waals surface area contributed by atoms with Crippen molar-refractivity contribution in [2.24, 2.45) is 5.73 Å². The predicted octanol–water partition coefficient (Wildman–Crippen LogP) is 3.59. The molecule has 2 nitrogen and oxygen atoms in total. The molecule has 0 saturated heterocycles. The molecule has 0 heterocycles. The second kappa shape index (κ2) is 7.26. The molecular weight excluding hydrogens is 280 g/mol. The molecule has 0 spiro atoms. The fourth-order valence-corrected chi connectivity index (χ4v) is 2.40. The van der Waals surface area contributed by atoms with Gasteiger partial charge in [-0.15, -0.1) is 11.8 Å². The molecule has 0 aliphatic carbocycles. The zero-order valence-corrected chi connectivity index (χ0v) is 11.6. The Balaban J connectivity index is 1.79. The summed E-state index contributed by atoms with van der Waals surface area (Å²) in [5, 5.41) is 0. The summed E-state index contributed by atoms with van der Waals surface area (Å²) in [5.74, 6) is -0.243. The lowest BCUT2D eigenvalue weighted by atomic mass is 10.2. The van der Waals surface area contributed by atoms with Gasteiger partial charge in [0.1, 0.15) is 5.75 Å². The summed E-state index contributed by atoms with van der Waals surface area (Å²) in [4.78, 5) is 0.684. The molecule has 0 atom stereocenters. The average Bonchev–Trinajstić information content (AvgIpc) is 2.47. The van der Waals surface area contributed by atoms with Gasteiger partial charge in [-0.25, -0.2) is 8.78 Å². The van der Waals surface area contributed by atoms with Crippen LogP contribution in [0.15, 0.2) is 47.4 Å². The predicted molar refractivity (Wildman–Crippen MR) is 76.9 cm³/mol. The van der Waals surface area contributed by atoms with E-state index in [4.69, 9.17) is 10.5 Å². The largest absolute Gasteiger partial charge is 0.493 e. The first-order valence-electron chi connectivity index (χ1n) is 6.18. The molecule has 2 aromatic rings. The highest BCUT2D eigenvalue weighted by Gasteiger charge is 2.03. The van der Waals surface area contributed by atoms with Crippen LogP contribution in [-0.2, 0) is 6.54 Å². The maximum Gasteiger partial charge on any atom is 0.159 e. The minimum Gasteiger partial charge on any atom is -0.493 e. The van der Waals surface area contributed by atoms with E-state index in [0.29, 0.717) is 23.8 Å². The smallest absolute Gasteiger partial charge is 0.159 e. The van der Waals surface area contributed by atoms with E-state index in [1.165, 1.54) is 17.8 Å². The van der Waals surface area contributed by atoms with Crippen LogP contribution in [0.1, 0.15) is 5.56 Å². The van der Waals surface area contributed by atoms with Gasteiger partial charge in [-0.2, -0.15) is 0 Å². The van der Waals surface area contributed by atoms with Gasteiger partial charge in [-0.3, -0.25) is 0 Å². The summed E-state index contributed by atoms with van der Waals surface area (Å²) in [7, 11) is 0. The number of thioether (sulfide) groups is 1. The first-order valence-corrected chi connectivity index (χ1v) is 7.17. The van der Waals surface area contributed by atoms with Crippen LogP contribution in [0.3, 0.4) is 0 Å². The highest BCUT2D eigenvalue weighted by atomic mass is 32.2. The Morgan fingerprint density at radius 3 is 2.65 bits per heavy atom. The van der Waals surface area contributed by atoms with E-state index in [9.17, 15) is 8.78 Å². The number of nitrogens with two attached hydrogens (primary N) is 1. The molecule has 0 aliphatic heterocycles. The third-order valence-electron chi connectivity index (χ3n) is 2.65. The topological polar surface area (TPSA) is 35.2 Å². The Hall–Kier alpha value is -1.59. The van der Waals surface area contributed by atoms with Crippen molar-refractivity contribution in [2.75, 3.05) is 12.4 Å². The summed E-state index contributed by atoms with van der Waals surface area (Å²) in [6.07, 6.45) is 0. The lowest BCUT2D eigenvalue weighted by Crippen LogP contribution is -2.02. The minimum atomic E-state index is -0.829. The average molecular weight is 295 g/mol. The van der Waals surface area contributed by atoms with Crippen LogP contribution in [0.2, 0.25) is 0 Å². The van der Waals surface area contributed by atoms with Gasteiger partial charge >= 0.3 is 0 Å². The van der Waals surface area contributed by atoms with E-state index in [-0.39, 0.29) is 0 Å². The number of hydrogen-bond donors (Lipinski definition) is 1. The molecule has 0 bridgehead atoms. The minimum absolute atomic E-state index is 0.473. The van der Waals surface area contributed by atoms with Gasteiger partial charge in [0.25, 0.3) is 0 Å². The molecular formula is C15H15F2NOS.